The molecular formula is C29H30ClN3O5. The van der Waals surface area contributed by atoms with Gasteiger partial charge >= 0.3 is 0 Å². The second-order valence-electron chi connectivity index (χ2n) is 8.74. The van der Waals surface area contributed by atoms with Crippen LogP contribution in [0.15, 0.2) is 66.5 Å². The van der Waals surface area contributed by atoms with Gasteiger partial charge < -0.3 is 24.4 Å². The van der Waals surface area contributed by atoms with Crippen LogP contribution in [0.2, 0.25) is 5.02 Å². The number of Topliss-reactive ketones (excluding diaryl/α,β-unsaturated/α-hetero) is 1. The van der Waals surface area contributed by atoms with Gasteiger partial charge in [0, 0.05) is 43.8 Å². The number of likely N-dealkylation sites (tertiary alicyclic amines) is 1. The van der Waals surface area contributed by atoms with Crippen molar-refractivity contribution in [1.82, 2.24) is 9.88 Å². The average molecular weight is 536 g/mol. The number of methoxy groups -OCH3 is 2. The van der Waals surface area contributed by atoms with Crippen molar-refractivity contribution < 1.29 is 24.2 Å². The quantitative estimate of drug-likeness (QED) is 0.228. The predicted octanol–water partition coefficient (Wildman–Crippen LogP) is 5.22. The van der Waals surface area contributed by atoms with Crippen LogP contribution < -0.4 is 14.4 Å². The Hall–Kier alpha value is -4.04. The number of ketones is 1. The van der Waals surface area contributed by atoms with Crippen LogP contribution in [0.3, 0.4) is 0 Å². The largest absolute Gasteiger partial charge is 0.507 e. The molecule has 9 heteroatoms. The zero-order chi connectivity index (χ0) is 27.4. The molecular weight excluding hydrogens is 506 g/mol. The van der Waals surface area contributed by atoms with Crippen LogP contribution in [-0.4, -0.2) is 54.0 Å². The standard InChI is InChI=1S/C29H30ClN3O5/c1-5-32(6-2)20-11-9-19(10-12-20)26-25(27(34)21-14-22(30)24(38-4)15-23(21)37-3)28(35)29(36)33(26)17-18-8-7-13-31-16-18/h7-16,26,34H,5-6,17H2,1-4H3/b27-25+. The Kier molecular flexibility index (Phi) is 8.22. The first-order chi connectivity index (χ1) is 18.3. The minimum absolute atomic E-state index is 0.0472. The molecule has 3 aromatic rings. The van der Waals surface area contributed by atoms with Crippen LogP contribution in [0.4, 0.5) is 5.69 Å². The normalized spacial score (nSPS) is 16.6. The number of hydrogen-bond acceptors (Lipinski definition) is 7. The second-order valence-corrected chi connectivity index (χ2v) is 9.15. The van der Waals surface area contributed by atoms with E-state index in [1.165, 1.54) is 31.3 Å². The molecule has 2 aromatic carbocycles. The summed E-state index contributed by atoms with van der Waals surface area (Å²) in [7, 11) is 2.90. The Morgan fingerprint density at radius 1 is 1.05 bits per heavy atom. The van der Waals surface area contributed by atoms with Gasteiger partial charge in [0.05, 0.1) is 36.4 Å². The molecule has 0 saturated carbocycles. The Labute approximate surface area is 227 Å². The molecule has 1 unspecified atom stereocenters. The molecule has 1 aliphatic rings. The lowest BCUT2D eigenvalue weighted by molar-refractivity contribution is -0.140. The molecule has 1 saturated heterocycles. The maximum atomic E-state index is 13.4. The summed E-state index contributed by atoms with van der Waals surface area (Å²) in [6.45, 7) is 5.97. The van der Waals surface area contributed by atoms with E-state index < -0.39 is 17.7 Å². The van der Waals surface area contributed by atoms with Crippen molar-refractivity contribution in [3.63, 3.8) is 0 Å². The third-order valence-electron chi connectivity index (χ3n) is 6.68. The van der Waals surface area contributed by atoms with E-state index >= 15 is 0 Å². The van der Waals surface area contributed by atoms with E-state index in [9.17, 15) is 14.7 Å². The Morgan fingerprint density at radius 2 is 1.74 bits per heavy atom. The monoisotopic (exact) mass is 535 g/mol. The van der Waals surface area contributed by atoms with Gasteiger partial charge in [0.25, 0.3) is 11.7 Å². The Morgan fingerprint density at radius 3 is 2.32 bits per heavy atom. The van der Waals surface area contributed by atoms with Gasteiger partial charge in [0.1, 0.15) is 17.3 Å². The number of nitrogens with zero attached hydrogens (tertiary/aromatic N) is 3. The molecule has 1 aliphatic heterocycles. The number of aromatic nitrogens is 1. The molecule has 0 bridgehead atoms. The van der Waals surface area contributed by atoms with Crippen molar-refractivity contribution in [3.05, 3.63) is 88.2 Å². The molecule has 1 amide bonds. The highest BCUT2D eigenvalue weighted by atomic mass is 35.5. The number of amides is 1. The second kappa shape index (κ2) is 11.6. The van der Waals surface area contributed by atoms with Crippen molar-refractivity contribution in [2.24, 2.45) is 0 Å². The van der Waals surface area contributed by atoms with E-state index in [1.54, 1.807) is 18.5 Å². The van der Waals surface area contributed by atoms with Gasteiger partial charge in [-0.25, -0.2) is 0 Å². The lowest BCUT2D eigenvalue weighted by Gasteiger charge is -2.27. The summed E-state index contributed by atoms with van der Waals surface area (Å²) in [6.07, 6.45) is 3.28. The van der Waals surface area contributed by atoms with E-state index in [0.717, 1.165) is 24.3 Å². The van der Waals surface area contributed by atoms with E-state index in [0.29, 0.717) is 11.3 Å². The first-order valence-electron chi connectivity index (χ1n) is 12.3. The summed E-state index contributed by atoms with van der Waals surface area (Å²) < 4.78 is 10.7. The fraction of sp³-hybridized carbons (Fsp3) is 0.276. The number of halogens is 1. The zero-order valence-electron chi connectivity index (χ0n) is 21.8. The summed E-state index contributed by atoms with van der Waals surface area (Å²) in [5, 5.41) is 11.7. The highest BCUT2D eigenvalue weighted by Crippen LogP contribution is 2.43. The summed E-state index contributed by atoms with van der Waals surface area (Å²) >= 11 is 6.35. The Bertz CT molecular complexity index is 1350. The van der Waals surface area contributed by atoms with Gasteiger partial charge in [0.2, 0.25) is 0 Å². The zero-order valence-corrected chi connectivity index (χ0v) is 22.5. The first kappa shape index (κ1) is 27.0. The van der Waals surface area contributed by atoms with Crippen molar-refractivity contribution in [2.75, 3.05) is 32.2 Å². The van der Waals surface area contributed by atoms with E-state index in [1.807, 2.05) is 30.3 Å². The topological polar surface area (TPSA) is 92.2 Å². The third-order valence-corrected chi connectivity index (χ3v) is 6.98. The highest BCUT2D eigenvalue weighted by molar-refractivity contribution is 6.46. The third kappa shape index (κ3) is 5.04. The molecule has 1 aromatic heterocycles. The molecule has 2 heterocycles. The van der Waals surface area contributed by atoms with Gasteiger partial charge in [0.15, 0.2) is 0 Å². The van der Waals surface area contributed by atoms with Crippen LogP contribution in [0.5, 0.6) is 11.5 Å². The van der Waals surface area contributed by atoms with Crippen molar-refractivity contribution in [3.8, 4) is 11.5 Å². The molecule has 4 rings (SSSR count). The minimum atomic E-state index is -0.841. The minimum Gasteiger partial charge on any atom is -0.507 e. The predicted molar refractivity (Wildman–Crippen MR) is 147 cm³/mol. The molecule has 0 radical (unpaired) electrons. The van der Waals surface area contributed by atoms with Gasteiger partial charge in [-0.05, 0) is 49.2 Å². The van der Waals surface area contributed by atoms with Gasteiger partial charge in [-0.2, -0.15) is 0 Å². The smallest absolute Gasteiger partial charge is 0.295 e. The maximum Gasteiger partial charge on any atom is 0.295 e. The van der Waals surface area contributed by atoms with E-state index in [2.05, 4.69) is 23.7 Å². The number of carbonyl (C=O) groups is 2. The van der Waals surface area contributed by atoms with Crippen molar-refractivity contribution in [1.29, 1.82) is 0 Å². The van der Waals surface area contributed by atoms with Crippen LogP contribution in [0.25, 0.3) is 5.76 Å². The number of carbonyl (C=O) groups excluding carboxylic acids is 2. The fourth-order valence-electron chi connectivity index (χ4n) is 4.72. The summed E-state index contributed by atoms with van der Waals surface area (Å²) in [6, 6.07) is 13.4. The number of rotatable bonds is 9. The van der Waals surface area contributed by atoms with Crippen LogP contribution in [-0.2, 0) is 16.1 Å². The average Bonchev–Trinajstić information content (AvgIpc) is 3.19. The van der Waals surface area contributed by atoms with Crippen molar-refractivity contribution >= 4 is 34.7 Å². The van der Waals surface area contributed by atoms with Gasteiger partial charge in [-0.3, -0.25) is 14.6 Å². The Balaban J connectivity index is 1.89. The van der Waals surface area contributed by atoms with Crippen molar-refractivity contribution in [2.45, 2.75) is 26.4 Å². The summed E-state index contributed by atoms with van der Waals surface area (Å²) in [5.41, 5.74) is 2.59. The van der Waals surface area contributed by atoms with Crippen LogP contribution >= 0.6 is 11.6 Å². The number of pyridine rings is 1. The lowest BCUT2D eigenvalue weighted by Crippen LogP contribution is -2.29. The van der Waals surface area contributed by atoms with Gasteiger partial charge in [-0.1, -0.05) is 29.8 Å². The molecule has 0 spiro atoms. The molecule has 1 atom stereocenters. The molecule has 8 nitrogen and oxygen atoms in total. The first-order valence-corrected chi connectivity index (χ1v) is 12.7. The molecule has 198 valence electrons. The van der Waals surface area contributed by atoms with Crippen LogP contribution in [0.1, 0.15) is 36.6 Å². The van der Waals surface area contributed by atoms with E-state index in [4.69, 9.17) is 21.1 Å². The SMILES string of the molecule is CCN(CC)c1ccc(C2/C(=C(\O)c3cc(Cl)c(OC)cc3OC)C(=O)C(=O)N2Cc2cccnc2)cc1. The molecule has 38 heavy (non-hydrogen) atoms. The lowest BCUT2D eigenvalue weighted by atomic mass is 9.94. The summed E-state index contributed by atoms with van der Waals surface area (Å²) in [4.78, 5) is 34.6. The number of ether oxygens (including phenoxy) is 2. The number of aliphatic hydroxyl groups is 1. The molecule has 1 fully saturated rings. The molecule has 0 aliphatic carbocycles. The fourth-order valence-corrected chi connectivity index (χ4v) is 4.97. The van der Waals surface area contributed by atoms with Gasteiger partial charge in [-0.15, -0.1) is 0 Å². The van der Waals surface area contributed by atoms with Crippen LogP contribution in [0, 0.1) is 0 Å². The maximum absolute atomic E-state index is 13.4. The molecule has 1 N–H and O–H groups in total. The highest BCUT2D eigenvalue weighted by Gasteiger charge is 2.46. The number of anilines is 1. The number of hydrogen-bond donors (Lipinski definition) is 1. The summed E-state index contributed by atoms with van der Waals surface area (Å²) in [5.74, 6) is -1.29. The van der Waals surface area contributed by atoms with E-state index in [-0.39, 0.29) is 34.2 Å². The number of benzene rings is 2. The number of aliphatic hydroxyl groups excluding tert-OH is 1.